The summed E-state index contributed by atoms with van der Waals surface area (Å²) in [5.41, 5.74) is 10.8. The van der Waals surface area contributed by atoms with Gasteiger partial charge in [-0.25, -0.2) is 4.79 Å². The summed E-state index contributed by atoms with van der Waals surface area (Å²) in [6.07, 6.45) is -0.706. The molecule has 10 heteroatoms. The first-order valence-electron chi connectivity index (χ1n) is 6.70. The predicted molar refractivity (Wildman–Crippen MR) is 78.4 cm³/mol. The van der Waals surface area contributed by atoms with E-state index in [1.807, 2.05) is 0 Å². The first-order valence-corrected chi connectivity index (χ1v) is 6.70. The minimum Gasteiger partial charge on any atom is -0.480 e. The van der Waals surface area contributed by atoms with E-state index >= 15 is 0 Å². The summed E-state index contributed by atoms with van der Waals surface area (Å²) in [4.78, 5) is 43.9. The largest absolute Gasteiger partial charge is 0.480 e. The number of carboxylic acid groups (broad SMARTS) is 3. The van der Waals surface area contributed by atoms with E-state index in [0.29, 0.717) is 0 Å². The Morgan fingerprint density at radius 2 is 1.43 bits per heavy atom. The maximum Gasteiger partial charge on any atom is 0.326 e. The molecule has 3 atom stereocenters. The first kappa shape index (κ1) is 20.5. The molecule has 0 saturated heterocycles. The number of amides is 1. The molecule has 0 saturated carbocycles. The minimum absolute atomic E-state index is 0.126. The van der Waals surface area contributed by atoms with Crippen molar-refractivity contribution in [1.82, 2.24) is 5.32 Å². The smallest absolute Gasteiger partial charge is 0.326 e. The third kappa shape index (κ3) is 8.53. The number of hydrogen-bond donors (Lipinski definition) is 6. The Kier molecular flexibility index (Phi) is 8.52. The van der Waals surface area contributed by atoms with E-state index in [2.05, 4.69) is 11.9 Å². The van der Waals surface area contributed by atoms with E-state index in [9.17, 15) is 19.2 Å². The van der Waals surface area contributed by atoms with E-state index < -0.39 is 41.9 Å². The number of carbonyl (C=O) groups excluding carboxylic acids is 1. The van der Waals surface area contributed by atoms with Crippen LogP contribution in [-0.2, 0) is 19.2 Å². The molecule has 0 aromatic rings. The molecule has 0 aromatic heterocycles. The highest BCUT2D eigenvalue weighted by Crippen LogP contribution is 2.11. The summed E-state index contributed by atoms with van der Waals surface area (Å²) in [6.45, 7) is 3.55. The molecule has 0 aliphatic carbocycles. The number of aliphatic carboxylic acids is 3. The van der Waals surface area contributed by atoms with Gasteiger partial charge in [-0.2, -0.15) is 0 Å². The Balaban J connectivity index is 4.49. The average molecular weight is 331 g/mol. The molecule has 3 unspecified atom stereocenters. The molecule has 23 heavy (non-hydrogen) atoms. The molecule has 0 aromatic carbocycles. The lowest BCUT2D eigenvalue weighted by Gasteiger charge is -2.17. The van der Waals surface area contributed by atoms with Gasteiger partial charge in [0, 0.05) is 6.42 Å². The number of rotatable bonds is 11. The summed E-state index contributed by atoms with van der Waals surface area (Å²) in [7, 11) is 0. The normalized spacial score (nSPS) is 14.3. The average Bonchev–Trinajstić information content (AvgIpc) is 2.43. The van der Waals surface area contributed by atoms with Gasteiger partial charge in [-0.3, -0.25) is 14.4 Å². The van der Waals surface area contributed by atoms with Crippen molar-refractivity contribution in [3.05, 3.63) is 12.2 Å². The van der Waals surface area contributed by atoms with Gasteiger partial charge in [-0.15, -0.1) is 0 Å². The summed E-state index contributed by atoms with van der Waals surface area (Å²) in [5, 5.41) is 28.5. The quantitative estimate of drug-likeness (QED) is 0.244. The van der Waals surface area contributed by atoms with Crippen LogP contribution in [0.4, 0.5) is 0 Å². The Morgan fingerprint density at radius 1 is 0.913 bits per heavy atom. The molecule has 8 N–H and O–H groups in total. The Bertz CT molecular complexity index is 492. The highest BCUT2D eigenvalue weighted by Gasteiger charge is 2.23. The van der Waals surface area contributed by atoms with Crippen LogP contribution in [0.2, 0.25) is 0 Å². The molecule has 1 amide bonds. The van der Waals surface area contributed by atoms with Gasteiger partial charge >= 0.3 is 17.9 Å². The second kappa shape index (κ2) is 9.54. The predicted octanol–water partition coefficient (Wildman–Crippen LogP) is -1.50. The van der Waals surface area contributed by atoms with E-state index in [4.69, 9.17) is 26.8 Å². The topological polar surface area (TPSA) is 193 Å². The van der Waals surface area contributed by atoms with Gasteiger partial charge in [0.05, 0.1) is 0 Å². The second-order valence-corrected chi connectivity index (χ2v) is 5.04. The Hall–Kier alpha value is -2.46. The van der Waals surface area contributed by atoms with Gasteiger partial charge < -0.3 is 32.1 Å². The van der Waals surface area contributed by atoms with Crippen molar-refractivity contribution in [3.8, 4) is 0 Å². The minimum atomic E-state index is -1.33. The summed E-state index contributed by atoms with van der Waals surface area (Å²) in [6, 6.07) is -3.73. The van der Waals surface area contributed by atoms with Crippen LogP contribution in [0, 0.1) is 0 Å². The van der Waals surface area contributed by atoms with Crippen LogP contribution in [0.1, 0.15) is 25.7 Å². The standard InChI is InChI=1S/C13H21N3O7/c1-6(4-8(15)12(20)21)5-9(13(22)23)16-10(17)3-2-7(14)11(18)19/h7-9H,1-5,14-15H2,(H,16,17)(H,18,19)(H,20,21)(H,22,23). The molecular formula is C13H21N3O7. The third-order valence-corrected chi connectivity index (χ3v) is 2.95. The van der Waals surface area contributed by atoms with Crippen molar-refractivity contribution in [3.63, 3.8) is 0 Å². The van der Waals surface area contributed by atoms with Crippen LogP contribution in [0.3, 0.4) is 0 Å². The summed E-state index contributed by atoms with van der Waals surface area (Å²) < 4.78 is 0. The Morgan fingerprint density at radius 3 is 1.87 bits per heavy atom. The molecule has 0 spiro atoms. The fourth-order valence-electron chi connectivity index (χ4n) is 1.65. The maximum absolute atomic E-state index is 11.6. The summed E-state index contributed by atoms with van der Waals surface area (Å²) >= 11 is 0. The Labute approximate surface area is 132 Å². The zero-order valence-electron chi connectivity index (χ0n) is 12.4. The van der Waals surface area contributed by atoms with E-state index in [-0.39, 0.29) is 31.3 Å². The van der Waals surface area contributed by atoms with E-state index in [1.165, 1.54) is 0 Å². The zero-order valence-corrected chi connectivity index (χ0v) is 12.4. The molecule has 130 valence electrons. The second-order valence-electron chi connectivity index (χ2n) is 5.04. The van der Waals surface area contributed by atoms with Crippen molar-refractivity contribution in [2.24, 2.45) is 11.5 Å². The van der Waals surface area contributed by atoms with E-state index in [0.717, 1.165) is 0 Å². The molecule has 0 aliphatic heterocycles. The molecule has 0 aliphatic rings. The van der Waals surface area contributed by atoms with Gasteiger partial charge in [0.1, 0.15) is 18.1 Å². The lowest BCUT2D eigenvalue weighted by molar-refractivity contribution is -0.142. The fraction of sp³-hybridized carbons (Fsp3) is 0.538. The molecular weight excluding hydrogens is 310 g/mol. The first-order chi connectivity index (χ1) is 10.5. The molecule has 10 nitrogen and oxygen atoms in total. The van der Waals surface area contributed by atoms with Gasteiger partial charge in [-0.1, -0.05) is 12.2 Å². The van der Waals surface area contributed by atoms with Gasteiger partial charge in [0.2, 0.25) is 5.91 Å². The highest BCUT2D eigenvalue weighted by molar-refractivity contribution is 5.84. The van der Waals surface area contributed by atoms with Crippen molar-refractivity contribution in [2.45, 2.75) is 43.8 Å². The lowest BCUT2D eigenvalue weighted by Crippen LogP contribution is -2.42. The summed E-state index contributed by atoms with van der Waals surface area (Å²) in [5.74, 6) is -4.51. The van der Waals surface area contributed by atoms with Crippen LogP contribution < -0.4 is 16.8 Å². The molecule has 0 heterocycles. The zero-order chi connectivity index (χ0) is 18.2. The van der Waals surface area contributed by atoms with Crippen molar-refractivity contribution < 1.29 is 34.5 Å². The maximum atomic E-state index is 11.6. The number of hydrogen-bond acceptors (Lipinski definition) is 6. The van der Waals surface area contributed by atoms with E-state index in [1.54, 1.807) is 0 Å². The van der Waals surface area contributed by atoms with Crippen molar-refractivity contribution in [1.29, 1.82) is 0 Å². The molecule has 0 rings (SSSR count). The van der Waals surface area contributed by atoms with Crippen LogP contribution in [0.25, 0.3) is 0 Å². The van der Waals surface area contributed by atoms with Crippen LogP contribution in [0.15, 0.2) is 12.2 Å². The number of nitrogens with two attached hydrogens (primary N) is 2. The van der Waals surface area contributed by atoms with Crippen molar-refractivity contribution in [2.75, 3.05) is 0 Å². The number of carbonyl (C=O) groups is 4. The van der Waals surface area contributed by atoms with Crippen molar-refractivity contribution >= 4 is 23.8 Å². The van der Waals surface area contributed by atoms with Crippen LogP contribution in [-0.4, -0.2) is 57.3 Å². The van der Waals surface area contributed by atoms with Gasteiger partial charge in [0.15, 0.2) is 0 Å². The van der Waals surface area contributed by atoms with Gasteiger partial charge in [0.25, 0.3) is 0 Å². The number of nitrogens with one attached hydrogen (secondary N) is 1. The van der Waals surface area contributed by atoms with Crippen LogP contribution in [0.5, 0.6) is 0 Å². The lowest BCUT2D eigenvalue weighted by atomic mass is 10.0. The van der Waals surface area contributed by atoms with Crippen LogP contribution >= 0.6 is 0 Å². The highest BCUT2D eigenvalue weighted by atomic mass is 16.4. The third-order valence-electron chi connectivity index (χ3n) is 2.95. The monoisotopic (exact) mass is 331 g/mol. The molecule has 0 bridgehead atoms. The van der Waals surface area contributed by atoms with Gasteiger partial charge in [-0.05, 0) is 19.3 Å². The SMILES string of the molecule is C=C(CC(N)C(=O)O)CC(NC(=O)CCC(N)C(=O)O)C(=O)O. The molecule has 0 fully saturated rings. The fourth-order valence-corrected chi connectivity index (χ4v) is 1.65. The molecule has 0 radical (unpaired) electrons. The number of carboxylic acids is 3.